The summed E-state index contributed by atoms with van der Waals surface area (Å²) < 4.78 is 0. The third-order valence-corrected chi connectivity index (χ3v) is 6.70. The Morgan fingerprint density at radius 1 is 1.18 bits per heavy atom. The molecule has 1 spiro atoms. The zero-order valence-electron chi connectivity index (χ0n) is 16.6. The van der Waals surface area contributed by atoms with Gasteiger partial charge in [0.2, 0.25) is 17.7 Å². The highest BCUT2D eigenvalue weighted by molar-refractivity contribution is 6.31. The molecule has 28 heavy (non-hydrogen) atoms. The van der Waals surface area contributed by atoms with E-state index in [-0.39, 0.29) is 29.8 Å². The van der Waals surface area contributed by atoms with Gasteiger partial charge in [-0.3, -0.25) is 24.6 Å². The molecule has 0 unspecified atom stereocenters. The first-order valence-electron chi connectivity index (χ1n) is 9.98. The number of imide groups is 1. The maximum absolute atomic E-state index is 13.5. The van der Waals surface area contributed by atoms with E-state index in [4.69, 9.17) is 11.6 Å². The highest BCUT2D eigenvalue weighted by Crippen LogP contribution is 2.54. The van der Waals surface area contributed by atoms with E-state index in [2.05, 4.69) is 24.5 Å². The summed E-state index contributed by atoms with van der Waals surface area (Å²) in [6.45, 7) is 7.99. The van der Waals surface area contributed by atoms with E-state index in [1.165, 1.54) is 4.90 Å². The van der Waals surface area contributed by atoms with Gasteiger partial charge in [-0.25, -0.2) is 0 Å². The summed E-state index contributed by atoms with van der Waals surface area (Å²) in [5.74, 6) is -1.68. The summed E-state index contributed by atoms with van der Waals surface area (Å²) in [7, 11) is 0. The van der Waals surface area contributed by atoms with Crippen molar-refractivity contribution in [1.29, 1.82) is 0 Å². The average Bonchev–Trinajstić information content (AvgIpc) is 3.20. The molecule has 3 heterocycles. The second-order valence-electron chi connectivity index (χ2n) is 8.64. The predicted molar refractivity (Wildman–Crippen MR) is 107 cm³/mol. The summed E-state index contributed by atoms with van der Waals surface area (Å²) in [5.41, 5.74) is 0.0610. The Bertz CT molecular complexity index is 870. The number of amides is 3. The zero-order valence-corrected chi connectivity index (χ0v) is 17.3. The molecule has 1 aromatic carbocycles. The minimum atomic E-state index is -1.25. The molecule has 0 radical (unpaired) electrons. The summed E-state index contributed by atoms with van der Waals surface area (Å²) >= 11 is 6.23. The van der Waals surface area contributed by atoms with E-state index in [1.54, 1.807) is 18.2 Å². The lowest BCUT2D eigenvalue weighted by molar-refractivity contribution is -0.145. The topological polar surface area (TPSA) is 78.5 Å². The fourth-order valence-electron chi connectivity index (χ4n) is 5.12. The van der Waals surface area contributed by atoms with Crippen LogP contribution in [-0.2, 0) is 19.9 Å². The highest BCUT2D eigenvalue weighted by Gasteiger charge is 2.70. The molecule has 2 N–H and O–H groups in total. The van der Waals surface area contributed by atoms with Crippen molar-refractivity contribution in [3.63, 3.8) is 0 Å². The molecule has 3 aliphatic heterocycles. The van der Waals surface area contributed by atoms with E-state index in [0.717, 1.165) is 0 Å². The van der Waals surface area contributed by atoms with Gasteiger partial charge in [-0.15, -0.1) is 0 Å². The van der Waals surface area contributed by atoms with Crippen LogP contribution in [0.1, 0.15) is 46.1 Å². The number of nitrogens with zero attached hydrogens (tertiary/aromatic N) is 1. The molecule has 7 heteroatoms. The van der Waals surface area contributed by atoms with Crippen LogP contribution in [0.5, 0.6) is 0 Å². The SMILES string of the molecule is CC[C@H](C)N1C(=O)[C@H]2[C@@H](C1=O)[C@@]1(N[C@@H]2CC(C)C)C(=O)Nc2ccc(Cl)cc21. The average molecular weight is 404 g/mol. The van der Waals surface area contributed by atoms with Crippen LogP contribution in [0.15, 0.2) is 18.2 Å². The molecule has 1 aromatic rings. The second-order valence-corrected chi connectivity index (χ2v) is 9.08. The predicted octanol–water partition coefficient (Wildman–Crippen LogP) is 2.91. The van der Waals surface area contributed by atoms with Gasteiger partial charge in [0.15, 0.2) is 0 Å². The summed E-state index contributed by atoms with van der Waals surface area (Å²) in [6.07, 6.45) is 1.39. The van der Waals surface area contributed by atoms with Crippen molar-refractivity contribution in [3.05, 3.63) is 28.8 Å². The number of likely N-dealkylation sites (tertiary alicyclic amines) is 1. The van der Waals surface area contributed by atoms with Crippen LogP contribution >= 0.6 is 11.6 Å². The first kappa shape index (κ1) is 19.4. The number of rotatable bonds is 4. The molecular weight excluding hydrogens is 378 g/mol. The molecule has 3 aliphatic rings. The Morgan fingerprint density at radius 3 is 2.54 bits per heavy atom. The van der Waals surface area contributed by atoms with Gasteiger partial charge < -0.3 is 5.32 Å². The number of anilines is 1. The monoisotopic (exact) mass is 403 g/mol. The Morgan fingerprint density at radius 2 is 1.89 bits per heavy atom. The Balaban J connectivity index is 1.89. The number of halogens is 1. The summed E-state index contributed by atoms with van der Waals surface area (Å²) in [4.78, 5) is 41.4. The summed E-state index contributed by atoms with van der Waals surface area (Å²) in [5, 5.41) is 6.82. The van der Waals surface area contributed by atoms with Gasteiger partial charge in [0.25, 0.3) is 0 Å². The molecule has 0 aliphatic carbocycles. The van der Waals surface area contributed by atoms with Crippen molar-refractivity contribution in [2.45, 2.75) is 58.2 Å². The van der Waals surface area contributed by atoms with Gasteiger partial charge in [0.1, 0.15) is 5.54 Å². The third kappa shape index (κ3) is 2.47. The second kappa shape index (κ2) is 6.56. The zero-order chi connectivity index (χ0) is 20.4. The lowest BCUT2D eigenvalue weighted by atomic mass is 9.76. The van der Waals surface area contributed by atoms with Gasteiger partial charge in [0.05, 0.1) is 11.8 Å². The maximum atomic E-state index is 13.5. The largest absolute Gasteiger partial charge is 0.324 e. The highest BCUT2D eigenvalue weighted by atomic mass is 35.5. The van der Waals surface area contributed by atoms with Crippen molar-refractivity contribution in [3.8, 4) is 0 Å². The van der Waals surface area contributed by atoms with Crippen molar-refractivity contribution < 1.29 is 14.4 Å². The van der Waals surface area contributed by atoms with Crippen LogP contribution in [-0.4, -0.2) is 34.7 Å². The number of benzene rings is 1. The van der Waals surface area contributed by atoms with E-state index in [1.807, 2.05) is 13.8 Å². The van der Waals surface area contributed by atoms with Gasteiger partial charge in [-0.05, 0) is 43.9 Å². The quantitative estimate of drug-likeness (QED) is 0.757. The van der Waals surface area contributed by atoms with Crippen LogP contribution in [0.25, 0.3) is 0 Å². The third-order valence-electron chi connectivity index (χ3n) is 6.47. The Labute approximate surface area is 170 Å². The van der Waals surface area contributed by atoms with Gasteiger partial charge in [-0.2, -0.15) is 0 Å². The molecule has 0 saturated carbocycles. The van der Waals surface area contributed by atoms with Crippen molar-refractivity contribution >= 4 is 35.0 Å². The maximum Gasteiger partial charge on any atom is 0.250 e. The van der Waals surface area contributed by atoms with E-state index < -0.39 is 17.4 Å². The van der Waals surface area contributed by atoms with Crippen LogP contribution in [0.3, 0.4) is 0 Å². The fraction of sp³-hybridized carbons (Fsp3) is 0.571. The molecule has 4 rings (SSSR count). The first-order valence-corrected chi connectivity index (χ1v) is 10.4. The molecule has 6 nitrogen and oxygen atoms in total. The van der Waals surface area contributed by atoms with Gasteiger partial charge in [0, 0.05) is 28.4 Å². The minimum absolute atomic E-state index is 0.164. The van der Waals surface area contributed by atoms with Crippen molar-refractivity contribution in [2.24, 2.45) is 17.8 Å². The van der Waals surface area contributed by atoms with Gasteiger partial charge >= 0.3 is 0 Å². The van der Waals surface area contributed by atoms with Crippen LogP contribution in [0, 0.1) is 17.8 Å². The number of hydrogen-bond donors (Lipinski definition) is 2. The van der Waals surface area contributed by atoms with Crippen LogP contribution in [0.4, 0.5) is 5.69 Å². The lowest BCUT2D eigenvalue weighted by Crippen LogP contribution is -2.54. The number of carbonyl (C=O) groups excluding carboxylic acids is 3. The van der Waals surface area contributed by atoms with Gasteiger partial charge in [-0.1, -0.05) is 32.4 Å². The fourth-order valence-corrected chi connectivity index (χ4v) is 5.30. The standard InChI is InChI=1S/C21H26ClN3O3/c1-5-11(4)25-18(26)16-15(8-10(2)3)24-21(17(16)19(25)27)13-9-12(22)6-7-14(13)23-20(21)28/h6-7,9-11,15-17,24H,5,8H2,1-4H3,(H,23,28)/t11-,15+,16+,17-,21+/m0/s1. The molecule has 0 bridgehead atoms. The molecule has 150 valence electrons. The number of hydrogen-bond acceptors (Lipinski definition) is 4. The smallest absolute Gasteiger partial charge is 0.250 e. The normalized spacial score (nSPS) is 32.3. The Kier molecular flexibility index (Phi) is 4.55. The van der Waals surface area contributed by atoms with E-state index in [9.17, 15) is 14.4 Å². The molecular formula is C21H26ClN3O3. The van der Waals surface area contributed by atoms with Crippen molar-refractivity contribution in [1.82, 2.24) is 10.2 Å². The van der Waals surface area contributed by atoms with E-state index in [0.29, 0.717) is 35.0 Å². The molecule has 5 atom stereocenters. The molecule has 0 aromatic heterocycles. The van der Waals surface area contributed by atoms with Crippen LogP contribution in [0.2, 0.25) is 5.02 Å². The number of nitrogens with one attached hydrogen (secondary N) is 2. The van der Waals surface area contributed by atoms with Crippen LogP contribution < -0.4 is 10.6 Å². The number of fused-ring (bicyclic) bond motifs is 4. The molecule has 2 fully saturated rings. The molecule has 3 amide bonds. The Hall–Kier alpha value is -1.92. The minimum Gasteiger partial charge on any atom is -0.324 e. The first-order chi connectivity index (χ1) is 13.2. The summed E-state index contributed by atoms with van der Waals surface area (Å²) in [6, 6.07) is 4.77. The molecule has 2 saturated heterocycles. The van der Waals surface area contributed by atoms with E-state index >= 15 is 0 Å². The number of carbonyl (C=O) groups is 3. The van der Waals surface area contributed by atoms with Crippen molar-refractivity contribution in [2.75, 3.05) is 5.32 Å². The lowest BCUT2D eigenvalue weighted by Gasteiger charge is -2.31.